The Labute approximate surface area is 243 Å². The zero-order valence-corrected chi connectivity index (χ0v) is 27.0. The number of ketones is 2. The zero-order valence-electron chi connectivity index (χ0n) is 26.0. The van der Waals surface area contributed by atoms with Gasteiger partial charge in [-0.3, -0.25) is 14.5 Å². The number of Topliss-reactive ketones (excluding diaryl/α,β-unsaturated/α-hetero) is 2. The van der Waals surface area contributed by atoms with Crippen LogP contribution in [0.25, 0.3) is 0 Å². The summed E-state index contributed by atoms with van der Waals surface area (Å²) >= 11 is 0. The van der Waals surface area contributed by atoms with Crippen LogP contribution in [0.2, 0.25) is 16.6 Å². The fourth-order valence-corrected chi connectivity index (χ4v) is 15.5. The van der Waals surface area contributed by atoms with Crippen LogP contribution in [0.4, 0.5) is 4.79 Å². The van der Waals surface area contributed by atoms with Gasteiger partial charge in [0.2, 0.25) is 0 Å². The summed E-state index contributed by atoms with van der Waals surface area (Å²) in [4.78, 5) is 42.4. The maximum Gasteiger partial charge on any atom is 0.414 e. The van der Waals surface area contributed by atoms with E-state index in [1.807, 2.05) is 12.3 Å². The van der Waals surface area contributed by atoms with Crippen LogP contribution in [0.3, 0.4) is 0 Å². The first kappa shape index (κ1) is 30.7. The molecule has 0 N–H and O–H groups in total. The number of ether oxygens (including phenoxy) is 1. The normalized spacial score (nSPS) is 26.3. The van der Waals surface area contributed by atoms with Crippen molar-refractivity contribution in [2.75, 3.05) is 0 Å². The molecule has 0 radical (unpaired) electrons. The molecule has 4 atom stereocenters. The van der Waals surface area contributed by atoms with Crippen molar-refractivity contribution in [2.45, 2.75) is 135 Å². The van der Waals surface area contributed by atoms with E-state index >= 15 is 0 Å². The van der Waals surface area contributed by atoms with E-state index in [-0.39, 0.29) is 47.4 Å². The summed E-state index contributed by atoms with van der Waals surface area (Å²) < 4.78 is 6.45. The van der Waals surface area contributed by atoms with E-state index in [4.69, 9.17) is 4.74 Å². The summed E-state index contributed by atoms with van der Waals surface area (Å²) in [6.45, 7) is 18.0. The molecule has 1 aromatic rings. The first-order valence-electron chi connectivity index (χ1n) is 15.7. The number of allylic oxidation sites excluding steroid dienone is 1. The number of carbonyl (C=O) groups excluding carboxylic acids is 3. The summed E-state index contributed by atoms with van der Waals surface area (Å²) in [7, 11) is -2.31. The first-order valence-corrected chi connectivity index (χ1v) is 17.9. The highest BCUT2D eigenvalue weighted by molar-refractivity contribution is 6.93. The van der Waals surface area contributed by atoms with E-state index < -0.39 is 14.1 Å². The van der Waals surface area contributed by atoms with Crippen molar-refractivity contribution < 1.29 is 19.1 Å². The Morgan fingerprint density at radius 1 is 0.925 bits per heavy atom. The van der Waals surface area contributed by atoms with E-state index in [1.165, 1.54) is 5.56 Å². The minimum absolute atomic E-state index is 0.136. The second-order valence-electron chi connectivity index (χ2n) is 14.1. The molecule has 1 aliphatic heterocycles. The average molecular weight is 566 g/mol. The molecule has 0 aromatic heterocycles. The Morgan fingerprint density at radius 3 is 2.05 bits per heavy atom. The Bertz CT molecular complexity index is 1100. The smallest absolute Gasteiger partial charge is 0.414 e. The Morgan fingerprint density at radius 2 is 1.52 bits per heavy atom. The highest BCUT2D eigenvalue weighted by Crippen LogP contribution is 2.49. The third-order valence-corrected chi connectivity index (χ3v) is 17.9. The summed E-state index contributed by atoms with van der Waals surface area (Å²) in [5, 5.41) is 0.859. The summed E-state index contributed by atoms with van der Waals surface area (Å²) in [5.41, 5.74) is 2.14. The van der Waals surface area contributed by atoms with Crippen molar-refractivity contribution in [3.05, 3.63) is 47.3 Å². The lowest BCUT2D eigenvalue weighted by Crippen LogP contribution is -2.57. The Balaban J connectivity index is 1.71. The third-order valence-electron chi connectivity index (χ3n) is 10.8. The van der Waals surface area contributed by atoms with Gasteiger partial charge in [-0.2, -0.15) is 0 Å². The minimum atomic E-state index is -2.31. The van der Waals surface area contributed by atoms with Crippen LogP contribution in [0.1, 0.15) is 106 Å². The summed E-state index contributed by atoms with van der Waals surface area (Å²) in [5.74, 6) is 0.220. The molecular weight excluding hydrogens is 514 g/mol. The molecule has 2 aliphatic carbocycles. The number of benzene rings is 1. The van der Waals surface area contributed by atoms with Gasteiger partial charge in [0.25, 0.3) is 0 Å². The fraction of sp³-hybridized carbons (Fsp3) is 0.676. The largest absolute Gasteiger partial charge is 0.446 e. The SMILES string of the molecule is CC(C)[Si](C1=CN(C(=O)O[C@@H]2CCCC[C@H]2C(C)(C)c2ccccc2)[C@H]([C@@H]2CCC2=O)CC1=O)(C(C)C)C(C)C. The lowest BCUT2D eigenvalue weighted by molar-refractivity contribution is -0.132. The Hall–Kier alpha value is -2.21. The number of rotatable bonds is 8. The van der Waals surface area contributed by atoms with Gasteiger partial charge in [0.15, 0.2) is 5.78 Å². The zero-order chi connectivity index (χ0) is 29.4. The molecule has 1 aromatic carbocycles. The molecule has 4 rings (SSSR count). The van der Waals surface area contributed by atoms with Gasteiger partial charge in [-0.1, -0.05) is 92.1 Å². The molecule has 2 saturated carbocycles. The molecular formula is C34H51NO4Si. The van der Waals surface area contributed by atoms with E-state index in [0.717, 1.165) is 37.3 Å². The third kappa shape index (κ3) is 5.37. The predicted molar refractivity (Wildman–Crippen MR) is 164 cm³/mol. The molecule has 0 unspecified atom stereocenters. The molecule has 1 amide bonds. The number of hydrogen-bond acceptors (Lipinski definition) is 4. The number of hydrogen-bond donors (Lipinski definition) is 0. The first-order chi connectivity index (χ1) is 18.8. The Kier molecular flexibility index (Phi) is 9.18. The minimum Gasteiger partial charge on any atom is -0.446 e. The van der Waals surface area contributed by atoms with Crippen molar-refractivity contribution in [1.29, 1.82) is 0 Å². The van der Waals surface area contributed by atoms with Crippen LogP contribution >= 0.6 is 0 Å². The second kappa shape index (κ2) is 12.0. The lowest BCUT2D eigenvalue weighted by atomic mass is 9.66. The van der Waals surface area contributed by atoms with E-state index in [0.29, 0.717) is 23.0 Å². The second-order valence-corrected chi connectivity index (χ2v) is 19.9. The summed E-state index contributed by atoms with van der Waals surface area (Å²) in [6, 6.07) is 10.1. The van der Waals surface area contributed by atoms with Crippen LogP contribution < -0.4 is 0 Å². The van der Waals surface area contributed by atoms with Gasteiger partial charge in [-0.15, -0.1) is 0 Å². The van der Waals surface area contributed by atoms with E-state index in [1.54, 1.807) is 4.90 Å². The molecule has 6 heteroatoms. The quantitative estimate of drug-likeness (QED) is 0.297. The van der Waals surface area contributed by atoms with E-state index in [9.17, 15) is 14.4 Å². The molecule has 3 aliphatic rings. The number of carbonyl (C=O) groups is 3. The van der Waals surface area contributed by atoms with Gasteiger partial charge >= 0.3 is 6.09 Å². The van der Waals surface area contributed by atoms with Crippen molar-refractivity contribution in [3.63, 3.8) is 0 Å². The molecule has 40 heavy (non-hydrogen) atoms. The molecule has 220 valence electrons. The highest BCUT2D eigenvalue weighted by atomic mass is 28.3. The van der Waals surface area contributed by atoms with Crippen LogP contribution in [0.15, 0.2) is 41.7 Å². The molecule has 2 fully saturated rings. The lowest BCUT2D eigenvalue weighted by Gasteiger charge is -2.49. The highest BCUT2D eigenvalue weighted by Gasteiger charge is 2.53. The summed E-state index contributed by atoms with van der Waals surface area (Å²) in [6.07, 6.45) is 6.79. The van der Waals surface area contributed by atoms with Gasteiger partial charge in [0, 0.05) is 30.9 Å². The maximum absolute atomic E-state index is 14.2. The standard InChI is InChI=1S/C34H51NO4Si/c1-22(2)40(23(3)4,24(5)6)32-21-35(28(20-30(32)37)26-18-19-29(26)36)33(38)39-31-17-13-12-16-27(31)34(7,8)25-14-10-9-11-15-25/h9-11,14-15,21-24,26-28,31H,12-13,16-20H2,1-8H3/t26-,27+,28-,31+/m0/s1. The van der Waals surface area contributed by atoms with Gasteiger partial charge in [0.05, 0.1) is 6.04 Å². The van der Waals surface area contributed by atoms with Crippen LogP contribution in [-0.2, 0) is 19.7 Å². The van der Waals surface area contributed by atoms with Gasteiger partial charge in [-0.05, 0) is 58.5 Å². The molecule has 0 saturated heterocycles. The average Bonchev–Trinajstić information content (AvgIpc) is 2.89. The fourth-order valence-electron chi connectivity index (χ4n) is 8.69. The van der Waals surface area contributed by atoms with Crippen molar-refractivity contribution >= 4 is 25.7 Å². The van der Waals surface area contributed by atoms with Gasteiger partial charge < -0.3 is 4.74 Å². The topological polar surface area (TPSA) is 63.7 Å². The van der Waals surface area contributed by atoms with Crippen molar-refractivity contribution in [3.8, 4) is 0 Å². The van der Waals surface area contributed by atoms with Gasteiger partial charge in [-0.25, -0.2) is 4.79 Å². The monoisotopic (exact) mass is 565 g/mol. The number of nitrogens with zero attached hydrogens (tertiary/aromatic N) is 1. The maximum atomic E-state index is 14.2. The van der Waals surface area contributed by atoms with Crippen molar-refractivity contribution in [1.82, 2.24) is 4.90 Å². The number of amides is 1. The van der Waals surface area contributed by atoms with Crippen molar-refractivity contribution in [2.24, 2.45) is 11.8 Å². The molecule has 0 bridgehead atoms. The van der Waals surface area contributed by atoms with Crippen LogP contribution in [0.5, 0.6) is 0 Å². The predicted octanol–water partition coefficient (Wildman–Crippen LogP) is 8.38. The van der Waals surface area contributed by atoms with Crippen LogP contribution in [0, 0.1) is 11.8 Å². The molecule has 1 heterocycles. The van der Waals surface area contributed by atoms with Gasteiger partial charge in [0.1, 0.15) is 20.0 Å². The van der Waals surface area contributed by atoms with Crippen LogP contribution in [-0.4, -0.2) is 42.8 Å². The van der Waals surface area contributed by atoms with E-state index in [2.05, 4.69) is 79.7 Å². The molecule has 5 nitrogen and oxygen atoms in total. The molecule has 0 spiro atoms.